The fourth-order valence-corrected chi connectivity index (χ4v) is 3.12. The highest BCUT2D eigenvalue weighted by molar-refractivity contribution is 5.78. The fraction of sp³-hybridized carbons (Fsp3) is 0.611. The summed E-state index contributed by atoms with van der Waals surface area (Å²) >= 11 is 0. The first-order valence-electron chi connectivity index (χ1n) is 9.05. The second-order valence-corrected chi connectivity index (χ2v) is 7.56. The van der Waals surface area contributed by atoms with Crippen LogP contribution in [-0.2, 0) is 24.9 Å². The summed E-state index contributed by atoms with van der Waals surface area (Å²) in [6, 6.07) is 3.70. The summed E-state index contributed by atoms with van der Waals surface area (Å²) in [5, 5.41) is 22.3. The van der Waals surface area contributed by atoms with E-state index in [0.29, 0.717) is 31.0 Å². The highest BCUT2D eigenvalue weighted by Gasteiger charge is 2.25. The molecule has 142 valence electrons. The van der Waals surface area contributed by atoms with E-state index in [9.17, 15) is 9.90 Å². The predicted molar refractivity (Wildman–Crippen MR) is 97.3 cm³/mol. The molecule has 26 heavy (non-hydrogen) atoms. The van der Waals surface area contributed by atoms with Crippen LogP contribution in [0.1, 0.15) is 50.4 Å². The van der Waals surface area contributed by atoms with Crippen molar-refractivity contribution >= 4 is 5.91 Å². The molecule has 1 aliphatic rings. The molecule has 0 spiro atoms. The SMILES string of the molecule is CCC(C)(C)NC(=O)CN1CCn2nc(C(O)c3ccnn3C)cc2C1. The molecular formula is C18H28N6O2. The van der Waals surface area contributed by atoms with E-state index in [2.05, 4.69) is 27.3 Å². The number of aromatic nitrogens is 4. The Balaban J connectivity index is 1.65. The van der Waals surface area contributed by atoms with Gasteiger partial charge in [-0.15, -0.1) is 0 Å². The summed E-state index contributed by atoms with van der Waals surface area (Å²) in [5.41, 5.74) is 2.14. The van der Waals surface area contributed by atoms with Crippen molar-refractivity contribution in [2.75, 3.05) is 13.1 Å². The zero-order valence-electron chi connectivity index (χ0n) is 15.9. The van der Waals surface area contributed by atoms with Crippen molar-refractivity contribution in [3.8, 4) is 0 Å². The molecule has 0 fully saturated rings. The molecule has 0 radical (unpaired) electrons. The van der Waals surface area contributed by atoms with Crippen LogP contribution in [0.15, 0.2) is 18.3 Å². The summed E-state index contributed by atoms with van der Waals surface area (Å²) in [7, 11) is 1.80. The number of rotatable bonds is 6. The van der Waals surface area contributed by atoms with Gasteiger partial charge >= 0.3 is 0 Å². The van der Waals surface area contributed by atoms with Gasteiger partial charge in [-0.3, -0.25) is 19.1 Å². The number of aliphatic hydroxyl groups is 1. The molecule has 8 nitrogen and oxygen atoms in total. The fourth-order valence-electron chi connectivity index (χ4n) is 3.12. The lowest BCUT2D eigenvalue weighted by molar-refractivity contribution is -0.124. The molecule has 1 unspecified atom stereocenters. The number of hydrogen-bond acceptors (Lipinski definition) is 5. The molecule has 0 saturated carbocycles. The highest BCUT2D eigenvalue weighted by Crippen LogP contribution is 2.23. The number of fused-ring (bicyclic) bond motifs is 1. The molecule has 1 aliphatic heterocycles. The summed E-state index contributed by atoms with van der Waals surface area (Å²) in [4.78, 5) is 14.4. The molecule has 0 saturated heterocycles. The van der Waals surface area contributed by atoms with Crippen molar-refractivity contribution in [2.24, 2.45) is 7.05 Å². The van der Waals surface area contributed by atoms with Crippen LogP contribution in [0.5, 0.6) is 0 Å². The third-order valence-corrected chi connectivity index (χ3v) is 5.04. The van der Waals surface area contributed by atoms with Gasteiger partial charge in [0.15, 0.2) is 0 Å². The van der Waals surface area contributed by atoms with E-state index in [0.717, 1.165) is 18.7 Å². The van der Waals surface area contributed by atoms with E-state index in [4.69, 9.17) is 0 Å². The molecule has 0 aliphatic carbocycles. The minimum atomic E-state index is -0.803. The van der Waals surface area contributed by atoms with Crippen molar-refractivity contribution < 1.29 is 9.90 Å². The van der Waals surface area contributed by atoms with Crippen molar-refractivity contribution in [2.45, 2.75) is 51.9 Å². The number of hydrogen-bond donors (Lipinski definition) is 2. The molecular weight excluding hydrogens is 332 g/mol. The number of aryl methyl sites for hydroxylation is 1. The average Bonchev–Trinajstić information content (AvgIpc) is 3.19. The van der Waals surface area contributed by atoms with Crippen LogP contribution in [0.25, 0.3) is 0 Å². The monoisotopic (exact) mass is 360 g/mol. The molecule has 1 atom stereocenters. The highest BCUT2D eigenvalue weighted by atomic mass is 16.3. The van der Waals surface area contributed by atoms with Crippen molar-refractivity contribution in [3.63, 3.8) is 0 Å². The van der Waals surface area contributed by atoms with Gasteiger partial charge in [0.25, 0.3) is 0 Å². The zero-order valence-corrected chi connectivity index (χ0v) is 15.9. The number of aliphatic hydroxyl groups excluding tert-OH is 1. The maximum Gasteiger partial charge on any atom is 0.234 e. The Labute approximate surface area is 153 Å². The quantitative estimate of drug-likeness (QED) is 0.796. The number of carbonyl (C=O) groups is 1. The second-order valence-electron chi connectivity index (χ2n) is 7.56. The smallest absolute Gasteiger partial charge is 0.234 e. The van der Waals surface area contributed by atoms with Crippen LogP contribution in [0.4, 0.5) is 0 Å². The molecule has 3 rings (SSSR count). The standard InChI is InChI=1S/C18H28N6O2/c1-5-18(2,3)20-16(25)12-23-8-9-24-13(11-23)10-14(21-24)17(26)15-6-7-19-22(15)4/h6-7,10,17,26H,5,8-9,11-12H2,1-4H3,(H,20,25). The van der Waals surface area contributed by atoms with Crippen molar-refractivity contribution in [1.29, 1.82) is 0 Å². The first kappa shape index (κ1) is 18.6. The lowest BCUT2D eigenvalue weighted by atomic mass is 10.0. The Kier molecular flexibility index (Phi) is 5.15. The van der Waals surface area contributed by atoms with E-state index in [1.165, 1.54) is 0 Å². The average molecular weight is 360 g/mol. The lowest BCUT2D eigenvalue weighted by Crippen LogP contribution is -2.48. The van der Waals surface area contributed by atoms with Crippen LogP contribution >= 0.6 is 0 Å². The van der Waals surface area contributed by atoms with E-state index in [1.807, 2.05) is 24.6 Å². The van der Waals surface area contributed by atoms with Gasteiger partial charge < -0.3 is 10.4 Å². The molecule has 3 heterocycles. The lowest BCUT2D eigenvalue weighted by Gasteiger charge is -2.29. The van der Waals surface area contributed by atoms with Gasteiger partial charge in [0, 0.05) is 31.9 Å². The first-order chi connectivity index (χ1) is 12.3. The van der Waals surface area contributed by atoms with Crippen LogP contribution in [-0.4, -0.2) is 54.1 Å². The maximum atomic E-state index is 12.3. The van der Waals surface area contributed by atoms with Crippen LogP contribution in [0.3, 0.4) is 0 Å². The summed E-state index contributed by atoms with van der Waals surface area (Å²) < 4.78 is 3.56. The van der Waals surface area contributed by atoms with Crippen molar-refractivity contribution in [3.05, 3.63) is 35.4 Å². The number of amides is 1. The number of nitrogens with zero attached hydrogens (tertiary/aromatic N) is 5. The normalized spacial score (nSPS) is 16.3. The van der Waals surface area contributed by atoms with Gasteiger partial charge in [0.1, 0.15) is 6.10 Å². The largest absolute Gasteiger partial charge is 0.380 e. The summed E-state index contributed by atoms with van der Waals surface area (Å²) in [5.74, 6) is 0.0416. The molecule has 2 aromatic rings. The maximum absolute atomic E-state index is 12.3. The van der Waals surface area contributed by atoms with Gasteiger partial charge in [-0.2, -0.15) is 10.2 Å². The Morgan fingerprint density at radius 3 is 2.85 bits per heavy atom. The van der Waals surface area contributed by atoms with Gasteiger partial charge in [0.2, 0.25) is 5.91 Å². The Bertz CT molecular complexity index is 778. The Morgan fingerprint density at radius 1 is 1.42 bits per heavy atom. The van der Waals surface area contributed by atoms with E-state index >= 15 is 0 Å². The first-order valence-corrected chi connectivity index (χ1v) is 9.05. The van der Waals surface area contributed by atoms with Gasteiger partial charge in [-0.1, -0.05) is 6.92 Å². The molecule has 2 N–H and O–H groups in total. The molecule has 1 amide bonds. The summed E-state index contributed by atoms with van der Waals surface area (Å²) in [6.45, 7) is 8.60. The third kappa shape index (κ3) is 3.96. The van der Waals surface area contributed by atoms with E-state index in [-0.39, 0.29) is 11.4 Å². The number of carbonyl (C=O) groups excluding carboxylic acids is 1. The van der Waals surface area contributed by atoms with Gasteiger partial charge in [-0.25, -0.2) is 0 Å². The van der Waals surface area contributed by atoms with Crippen LogP contribution in [0, 0.1) is 0 Å². The minimum absolute atomic E-state index is 0.0416. The van der Waals surface area contributed by atoms with E-state index < -0.39 is 6.10 Å². The topological polar surface area (TPSA) is 88.2 Å². The zero-order chi connectivity index (χ0) is 18.9. The summed E-state index contributed by atoms with van der Waals surface area (Å²) in [6.07, 6.45) is 1.75. The minimum Gasteiger partial charge on any atom is -0.380 e. The number of nitrogens with one attached hydrogen (secondary N) is 1. The van der Waals surface area contributed by atoms with E-state index in [1.54, 1.807) is 24.0 Å². The van der Waals surface area contributed by atoms with Crippen LogP contribution in [0.2, 0.25) is 0 Å². The Hall–Kier alpha value is -2.19. The predicted octanol–water partition coefficient (Wildman–Crippen LogP) is 0.819. The molecule has 0 aromatic carbocycles. The van der Waals surface area contributed by atoms with Crippen molar-refractivity contribution in [1.82, 2.24) is 29.8 Å². The van der Waals surface area contributed by atoms with Crippen LogP contribution < -0.4 is 5.32 Å². The van der Waals surface area contributed by atoms with Gasteiger partial charge in [-0.05, 0) is 32.4 Å². The third-order valence-electron chi connectivity index (χ3n) is 5.04. The molecule has 8 heteroatoms. The second kappa shape index (κ2) is 7.20. The van der Waals surface area contributed by atoms with Gasteiger partial charge in [0.05, 0.1) is 30.2 Å². The molecule has 2 aromatic heterocycles. The molecule has 0 bridgehead atoms. The Morgan fingerprint density at radius 2 is 2.19 bits per heavy atom.